The highest BCUT2D eigenvalue weighted by Crippen LogP contribution is 2.26. The molecule has 0 N–H and O–H groups in total. The van der Waals surface area contributed by atoms with Crippen molar-refractivity contribution in [1.82, 2.24) is 0 Å². The molecule has 0 fully saturated rings. The van der Waals surface area contributed by atoms with E-state index in [0.717, 1.165) is 11.5 Å². The highest BCUT2D eigenvalue weighted by atomic mass is 28.4. The third-order valence-electron chi connectivity index (χ3n) is 2.83. The van der Waals surface area contributed by atoms with E-state index in [9.17, 15) is 0 Å². The third-order valence-corrected chi connectivity index (χ3v) is 6.37. The number of hydrogen-bond acceptors (Lipinski definition) is 2. The predicted molar refractivity (Wildman–Crippen MR) is 66.2 cm³/mol. The number of hydrogen-bond donors (Lipinski definition) is 0. The highest BCUT2D eigenvalue weighted by molar-refractivity contribution is 6.73. The maximum Gasteiger partial charge on any atom is 0.247 e. The summed E-state index contributed by atoms with van der Waals surface area (Å²) in [5.41, 5.74) is 0.611. The lowest BCUT2D eigenvalue weighted by Crippen LogP contribution is -2.37. The first-order valence-electron chi connectivity index (χ1n) is 5.29. The van der Waals surface area contributed by atoms with Crippen molar-refractivity contribution in [1.29, 1.82) is 0 Å². The highest BCUT2D eigenvalue weighted by Gasteiger charge is 2.28. The molecule has 1 aromatic carbocycles. The Labute approximate surface area is 93.4 Å². The van der Waals surface area contributed by atoms with Gasteiger partial charge in [0, 0.05) is 0 Å². The lowest BCUT2D eigenvalue weighted by molar-refractivity contribution is 0.413. The third kappa shape index (κ3) is 3.27. The van der Waals surface area contributed by atoms with Crippen LogP contribution in [-0.2, 0) is 0 Å². The molecular weight excluding hydrogens is 204 g/mol. The van der Waals surface area contributed by atoms with E-state index in [-0.39, 0.29) is 0 Å². The molecule has 84 valence electrons. The number of methoxy groups -OCH3 is 1. The van der Waals surface area contributed by atoms with Crippen molar-refractivity contribution in [3.8, 4) is 11.5 Å². The first-order valence-corrected chi connectivity index (χ1v) is 8.27. The van der Waals surface area contributed by atoms with Crippen LogP contribution >= 0.6 is 0 Å². The van der Waals surface area contributed by atoms with Gasteiger partial charge in [-0.05, 0) is 42.9 Å². The summed E-state index contributed by atoms with van der Waals surface area (Å²) in [5, 5.41) is 0. The van der Waals surface area contributed by atoms with Gasteiger partial charge in [-0.3, -0.25) is 0 Å². The molecule has 0 spiro atoms. The molecule has 0 heterocycles. The second-order valence-corrected chi connectivity index (χ2v) is 9.10. The zero-order valence-electron chi connectivity index (χ0n) is 10.2. The van der Waals surface area contributed by atoms with E-state index >= 15 is 0 Å². The molecule has 1 aromatic rings. The van der Waals surface area contributed by atoms with Crippen LogP contribution < -0.4 is 9.16 Å². The zero-order chi connectivity index (χ0) is 11.5. The Morgan fingerprint density at radius 2 is 1.47 bits per heavy atom. The summed E-state index contributed by atoms with van der Waals surface area (Å²) in [5.74, 6) is 1.81. The largest absolute Gasteiger partial charge is 0.544 e. The molecule has 0 saturated heterocycles. The van der Waals surface area contributed by atoms with E-state index in [4.69, 9.17) is 9.16 Å². The van der Waals surface area contributed by atoms with Crippen LogP contribution in [0.2, 0.25) is 18.6 Å². The van der Waals surface area contributed by atoms with Crippen molar-refractivity contribution in [3.63, 3.8) is 0 Å². The fraction of sp³-hybridized carbons (Fsp3) is 0.500. The zero-order valence-corrected chi connectivity index (χ0v) is 11.2. The van der Waals surface area contributed by atoms with Gasteiger partial charge in [-0.15, -0.1) is 0 Å². The van der Waals surface area contributed by atoms with Crippen LogP contribution in [0, 0.1) is 0 Å². The minimum Gasteiger partial charge on any atom is -0.544 e. The van der Waals surface area contributed by atoms with Gasteiger partial charge in [-0.25, -0.2) is 0 Å². The van der Waals surface area contributed by atoms with Crippen LogP contribution in [-0.4, -0.2) is 15.4 Å². The predicted octanol–water partition coefficient (Wildman–Crippen LogP) is 3.69. The van der Waals surface area contributed by atoms with Crippen molar-refractivity contribution < 1.29 is 9.16 Å². The SMILES string of the molecule is COc1ccc(O[Si](C)(C)C(C)C)cc1. The minimum absolute atomic E-state index is 0.611. The summed E-state index contributed by atoms with van der Waals surface area (Å²) >= 11 is 0. The van der Waals surface area contributed by atoms with Crippen molar-refractivity contribution >= 4 is 8.32 Å². The summed E-state index contributed by atoms with van der Waals surface area (Å²) in [4.78, 5) is 0. The second kappa shape index (κ2) is 4.70. The van der Waals surface area contributed by atoms with Crippen LogP contribution in [0.5, 0.6) is 11.5 Å². The molecule has 0 aliphatic rings. The standard InChI is InChI=1S/C12H20O2Si/c1-10(2)15(4,5)14-12-8-6-11(13-3)7-9-12/h6-10H,1-5H3. The number of rotatable bonds is 4. The topological polar surface area (TPSA) is 18.5 Å². The fourth-order valence-corrected chi connectivity index (χ4v) is 2.04. The van der Waals surface area contributed by atoms with Gasteiger partial charge in [0.15, 0.2) is 0 Å². The van der Waals surface area contributed by atoms with Gasteiger partial charge < -0.3 is 9.16 Å². The Bertz CT molecular complexity index is 304. The van der Waals surface area contributed by atoms with Crippen molar-refractivity contribution in [3.05, 3.63) is 24.3 Å². The Hall–Kier alpha value is -0.963. The average Bonchev–Trinajstić information content (AvgIpc) is 2.18. The van der Waals surface area contributed by atoms with E-state index in [1.165, 1.54) is 0 Å². The molecule has 0 saturated carbocycles. The van der Waals surface area contributed by atoms with Gasteiger partial charge in [0.2, 0.25) is 8.32 Å². The molecule has 0 amide bonds. The van der Waals surface area contributed by atoms with Crippen molar-refractivity contribution in [2.45, 2.75) is 32.5 Å². The van der Waals surface area contributed by atoms with Crippen molar-refractivity contribution in [2.24, 2.45) is 0 Å². The van der Waals surface area contributed by atoms with Crippen LogP contribution in [0.3, 0.4) is 0 Å². The normalized spacial score (nSPS) is 11.6. The summed E-state index contributed by atoms with van der Waals surface area (Å²) in [7, 11) is 0.0794. The minimum atomic E-state index is -1.59. The van der Waals surface area contributed by atoms with Crippen LogP contribution in [0.25, 0.3) is 0 Å². The van der Waals surface area contributed by atoms with Crippen molar-refractivity contribution in [2.75, 3.05) is 7.11 Å². The molecule has 0 unspecified atom stereocenters. The molecule has 0 aliphatic carbocycles. The van der Waals surface area contributed by atoms with Crippen LogP contribution in [0.1, 0.15) is 13.8 Å². The summed E-state index contributed by atoms with van der Waals surface area (Å²) in [6.45, 7) is 8.91. The lowest BCUT2D eigenvalue weighted by atomic mass is 10.3. The second-order valence-electron chi connectivity index (χ2n) is 4.54. The quantitative estimate of drug-likeness (QED) is 0.726. The summed E-state index contributed by atoms with van der Waals surface area (Å²) in [6, 6.07) is 7.80. The molecule has 2 nitrogen and oxygen atoms in total. The molecule has 0 aliphatic heterocycles. The Morgan fingerprint density at radius 3 is 1.87 bits per heavy atom. The van der Waals surface area contributed by atoms with E-state index in [0.29, 0.717) is 5.54 Å². The Kier molecular flexibility index (Phi) is 3.80. The average molecular weight is 224 g/mol. The van der Waals surface area contributed by atoms with Gasteiger partial charge in [-0.2, -0.15) is 0 Å². The first-order chi connectivity index (χ1) is 6.95. The van der Waals surface area contributed by atoms with Gasteiger partial charge >= 0.3 is 0 Å². The Morgan fingerprint density at radius 1 is 1.00 bits per heavy atom. The van der Waals surface area contributed by atoms with Crippen LogP contribution in [0.15, 0.2) is 24.3 Å². The molecule has 1 rings (SSSR count). The van der Waals surface area contributed by atoms with Gasteiger partial charge in [0.25, 0.3) is 0 Å². The monoisotopic (exact) mass is 224 g/mol. The molecule has 0 bridgehead atoms. The van der Waals surface area contributed by atoms with E-state index < -0.39 is 8.32 Å². The van der Waals surface area contributed by atoms with E-state index in [2.05, 4.69) is 26.9 Å². The van der Waals surface area contributed by atoms with Crippen LogP contribution in [0.4, 0.5) is 0 Å². The Balaban J connectivity index is 2.73. The summed E-state index contributed by atoms with van der Waals surface area (Å²) < 4.78 is 11.1. The number of ether oxygens (including phenoxy) is 1. The lowest BCUT2D eigenvalue weighted by Gasteiger charge is -2.27. The van der Waals surface area contributed by atoms with E-state index in [1.807, 2.05) is 24.3 Å². The van der Waals surface area contributed by atoms with Gasteiger partial charge in [-0.1, -0.05) is 13.8 Å². The van der Waals surface area contributed by atoms with E-state index in [1.54, 1.807) is 7.11 Å². The first kappa shape index (κ1) is 12.1. The molecule has 0 atom stereocenters. The molecule has 15 heavy (non-hydrogen) atoms. The molecule has 3 heteroatoms. The maximum atomic E-state index is 6.05. The molecule has 0 aromatic heterocycles. The maximum absolute atomic E-state index is 6.05. The van der Waals surface area contributed by atoms with Gasteiger partial charge in [0.1, 0.15) is 11.5 Å². The smallest absolute Gasteiger partial charge is 0.247 e. The number of benzene rings is 1. The summed E-state index contributed by atoms with van der Waals surface area (Å²) in [6.07, 6.45) is 0. The molecular formula is C12H20O2Si. The fourth-order valence-electron chi connectivity index (χ4n) is 1.07. The van der Waals surface area contributed by atoms with Gasteiger partial charge in [0.05, 0.1) is 7.11 Å². The molecule has 0 radical (unpaired) electrons.